The molecule has 256 valence electrons. The molecule has 5 rings (SSSR count). The molecule has 11 heteroatoms. The third kappa shape index (κ3) is 9.74. The SMILES string of the molecule is COC(=O)c1cc(NC(=O)Nc2ccccc2)cc(Oc2ccc3c(c2)C[C@@H](N(C[C@H](O)c2cccc(Cl)c2)C(=O)OC(C)(C)C)CC3)c1. The molecule has 4 aromatic carbocycles. The number of hydrogen-bond donors (Lipinski definition) is 3. The maximum atomic E-state index is 13.5. The molecule has 0 radical (unpaired) electrons. The Bertz CT molecular complexity index is 1810. The highest BCUT2D eigenvalue weighted by molar-refractivity contribution is 6.30. The van der Waals surface area contributed by atoms with Gasteiger partial charge in [-0.15, -0.1) is 0 Å². The van der Waals surface area contributed by atoms with Gasteiger partial charge in [0.05, 0.1) is 25.3 Å². The van der Waals surface area contributed by atoms with Gasteiger partial charge in [0.2, 0.25) is 0 Å². The number of carbonyl (C=O) groups is 3. The minimum atomic E-state index is -0.970. The molecule has 0 aliphatic heterocycles. The molecule has 49 heavy (non-hydrogen) atoms. The van der Waals surface area contributed by atoms with E-state index < -0.39 is 29.8 Å². The Balaban J connectivity index is 1.36. The molecule has 0 heterocycles. The molecule has 0 unspecified atom stereocenters. The highest BCUT2D eigenvalue weighted by Gasteiger charge is 2.33. The average molecular weight is 686 g/mol. The van der Waals surface area contributed by atoms with Gasteiger partial charge >= 0.3 is 18.1 Å². The summed E-state index contributed by atoms with van der Waals surface area (Å²) in [5.41, 5.74) is 3.11. The van der Waals surface area contributed by atoms with E-state index in [1.54, 1.807) is 59.5 Å². The Hall–Kier alpha value is -5.06. The molecule has 0 fully saturated rings. The summed E-state index contributed by atoms with van der Waals surface area (Å²) in [5.74, 6) is 0.224. The Morgan fingerprint density at radius 1 is 0.898 bits per heavy atom. The summed E-state index contributed by atoms with van der Waals surface area (Å²) in [6.45, 7) is 5.45. The number of aryl methyl sites for hydroxylation is 1. The molecule has 2 atom stereocenters. The molecule has 10 nitrogen and oxygen atoms in total. The standard InChI is InChI=1S/C38H40ClN3O7/c1-38(2,3)49-37(46)42(23-34(43)25-9-8-10-28(39)17-25)31-15-13-24-14-16-32(20-26(24)19-31)48-33-21-27(35(44)47-4)18-30(22-33)41-36(45)40-29-11-6-5-7-12-29/h5-12,14,16-18,20-22,31,34,43H,13,15,19,23H2,1-4H3,(H2,40,41,45)/t31-,34-/m0/s1. The van der Waals surface area contributed by atoms with Gasteiger partial charge in [-0.25, -0.2) is 14.4 Å². The van der Waals surface area contributed by atoms with Crippen molar-refractivity contribution in [2.75, 3.05) is 24.3 Å². The number of anilines is 2. The lowest BCUT2D eigenvalue weighted by Crippen LogP contribution is -2.47. The number of benzene rings is 4. The van der Waals surface area contributed by atoms with Crippen LogP contribution in [0.4, 0.5) is 21.0 Å². The summed E-state index contributed by atoms with van der Waals surface area (Å²) in [6.07, 6.45) is 0.404. The summed E-state index contributed by atoms with van der Waals surface area (Å²) < 4.78 is 16.9. The maximum Gasteiger partial charge on any atom is 0.410 e. The van der Waals surface area contributed by atoms with Gasteiger partial charge in [-0.1, -0.05) is 48.0 Å². The number of nitrogens with zero attached hydrogens (tertiary/aromatic N) is 1. The van der Waals surface area contributed by atoms with Gasteiger partial charge in [0.1, 0.15) is 17.1 Å². The van der Waals surface area contributed by atoms with Crippen LogP contribution in [-0.4, -0.2) is 53.4 Å². The Morgan fingerprint density at radius 2 is 1.65 bits per heavy atom. The van der Waals surface area contributed by atoms with Crippen LogP contribution in [0.1, 0.15) is 60.3 Å². The number of urea groups is 1. The Kier molecular flexibility index (Phi) is 11.1. The number of amides is 3. The number of methoxy groups -OCH3 is 1. The fraction of sp³-hybridized carbons (Fsp3) is 0.289. The summed E-state index contributed by atoms with van der Waals surface area (Å²) >= 11 is 6.17. The zero-order chi connectivity index (χ0) is 35.1. The number of rotatable bonds is 9. The third-order valence-corrected chi connectivity index (χ3v) is 8.14. The second-order valence-corrected chi connectivity index (χ2v) is 13.3. The van der Waals surface area contributed by atoms with Gasteiger partial charge in [0.25, 0.3) is 0 Å². The van der Waals surface area contributed by atoms with Crippen molar-refractivity contribution in [3.05, 3.63) is 118 Å². The molecule has 1 aliphatic rings. The highest BCUT2D eigenvalue weighted by Crippen LogP contribution is 2.33. The summed E-state index contributed by atoms with van der Waals surface area (Å²) in [6, 6.07) is 25.6. The minimum Gasteiger partial charge on any atom is -0.465 e. The van der Waals surface area contributed by atoms with Crippen LogP contribution in [-0.2, 0) is 22.3 Å². The van der Waals surface area contributed by atoms with Gasteiger partial charge in [0, 0.05) is 28.5 Å². The van der Waals surface area contributed by atoms with Gasteiger partial charge < -0.3 is 34.9 Å². The smallest absolute Gasteiger partial charge is 0.410 e. The maximum absolute atomic E-state index is 13.5. The quantitative estimate of drug-likeness (QED) is 0.151. The van der Waals surface area contributed by atoms with Gasteiger partial charge in [-0.2, -0.15) is 0 Å². The van der Waals surface area contributed by atoms with E-state index in [0.29, 0.717) is 52.7 Å². The van der Waals surface area contributed by atoms with Crippen LogP contribution >= 0.6 is 11.6 Å². The molecule has 3 N–H and O–H groups in total. The summed E-state index contributed by atoms with van der Waals surface area (Å²) in [5, 5.41) is 17.1. The van der Waals surface area contributed by atoms with Crippen LogP contribution in [0.5, 0.6) is 11.5 Å². The third-order valence-electron chi connectivity index (χ3n) is 7.90. The van der Waals surface area contributed by atoms with Gasteiger partial charge in [0.15, 0.2) is 0 Å². The van der Waals surface area contributed by atoms with Crippen LogP contribution in [0.2, 0.25) is 5.02 Å². The lowest BCUT2D eigenvalue weighted by Gasteiger charge is -2.37. The van der Waals surface area contributed by atoms with Crippen molar-refractivity contribution in [1.82, 2.24) is 4.90 Å². The predicted molar refractivity (Wildman–Crippen MR) is 189 cm³/mol. The number of halogens is 1. The van der Waals surface area contributed by atoms with E-state index in [2.05, 4.69) is 10.6 Å². The number of aliphatic hydroxyl groups is 1. The second kappa shape index (κ2) is 15.4. The number of esters is 1. The molecule has 1 aliphatic carbocycles. The Labute approximate surface area is 290 Å². The number of carbonyl (C=O) groups excluding carboxylic acids is 3. The zero-order valence-electron chi connectivity index (χ0n) is 27.9. The number of para-hydroxylation sites is 1. The van der Waals surface area contributed by atoms with Crippen LogP contribution in [0.3, 0.4) is 0 Å². The molecular weight excluding hydrogens is 646 g/mol. The van der Waals surface area contributed by atoms with E-state index in [4.69, 9.17) is 25.8 Å². The van der Waals surface area contributed by atoms with Crippen molar-refractivity contribution >= 4 is 41.1 Å². The van der Waals surface area contributed by atoms with Crippen molar-refractivity contribution < 1.29 is 33.7 Å². The predicted octanol–water partition coefficient (Wildman–Crippen LogP) is 8.39. The second-order valence-electron chi connectivity index (χ2n) is 12.8. The first-order valence-electron chi connectivity index (χ1n) is 16.0. The summed E-state index contributed by atoms with van der Waals surface area (Å²) in [7, 11) is 1.28. The number of hydrogen-bond acceptors (Lipinski definition) is 7. The topological polar surface area (TPSA) is 126 Å². The molecule has 0 bridgehead atoms. The number of aliphatic hydroxyl groups excluding tert-OH is 1. The lowest BCUT2D eigenvalue weighted by atomic mass is 9.87. The number of fused-ring (bicyclic) bond motifs is 1. The first-order chi connectivity index (χ1) is 23.4. The lowest BCUT2D eigenvalue weighted by molar-refractivity contribution is 0.00194. The van der Waals surface area contributed by atoms with Crippen molar-refractivity contribution in [3.63, 3.8) is 0 Å². The van der Waals surface area contributed by atoms with E-state index >= 15 is 0 Å². The van der Waals surface area contributed by atoms with Crippen molar-refractivity contribution in [2.45, 2.75) is 57.8 Å². The van der Waals surface area contributed by atoms with Crippen molar-refractivity contribution in [1.29, 1.82) is 0 Å². The normalized spacial score (nSPS) is 14.5. The Morgan fingerprint density at radius 3 is 2.37 bits per heavy atom. The largest absolute Gasteiger partial charge is 0.465 e. The highest BCUT2D eigenvalue weighted by atomic mass is 35.5. The van der Waals surface area contributed by atoms with Crippen molar-refractivity contribution in [2.24, 2.45) is 0 Å². The van der Waals surface area contributed by atoms with E-state index in [1.165, 1.54) is 19.2 Å². The van der Waals surface area contributed by atoms with E-state index in [0.717, 1.165) is 11.1 Å². The van der Waals surface area contributed by atoms with E-state index in [9.17, 15) is 19.5 Å². The van der Waals surface area contributed by atoms with E-state index in [1.807, 2.05) is 45.0 Å². The molecular formula is C38H40ClN3O7. The fourth-order valence-electron chi connectivity index (χ4n) is 5.66. The summed E-state index contributed by atoms with van der Waals surface area (Å²) in [4.78, 5) is 40.3. The monoisotopic (exact) mass is 685 g/mol. The molecule has 4 aromatic rings. The van der Waals surface area contributed by atoms with Crippen LogP contribution in [0.15, 0.2) is 91.0 Å². The van der Waals surface area contributed by atoms with Gasteiger partial charge in [-0.05, 0) is 105 Å². The van der Waals surface area contributed by atoms with Gasteiger partial charge in [-0.3, -0.25) is 0 Å². The molecule has 0 saturated heterocycles. The van der Waals surface area contributed by atoms with Crippen LogP contribution in [0.25, 0.3) is 0 Å². The number of ether oxygens (including phenoxy) is 3. The molecule has 0 saturated carbocycles. The van der Waals surface area contributed by atoms with Crippen LogP contribution in [0, 0.1) is 0 Å². The van der Waals surface area contributed by atoms with Crippen molar-refractivity contribution in [3.8, 4) is 11.5 Å². The van der Waals surface area contributed by atoms with E-state index in [-0.39, 0.29) is 18.2 Å². The first-order valence-corrected chi connectivity index (χ1v) is 16.3. The first kappa shape index (κ1) is 35.3. The zero-order valence-corrected chi connectivity index (χ0v) is 28.6. The minimum absolute atomic E-state index is 0.0272. The molecule has 0 aromatic heterocycles. The fourth-order valence-corrected chi connectivity index (χ4v) is 5.86. The molecule has 3 amide bonds. The average Bonchev–Trinajstić information content (AvgIpc) is 3.05. The van der Waals surface area contributed by atoms with Crippen LogP contribution < -0.4 is 15.4 Å². The number of nitrogens with one attached hydrogen (secondary N) is 2. The molecule has 0 spiro atoms.